The van der Waals surface area contributed by atoms with Crippen molar-refractivity contribution in [1.29, 1.82) is 0 Å². The number of aliphatic hydroxyl groups is 1. The lowest BCUT2D eigenvalue weighted by Gasteiger charge is -2.23. The Balaban J connectivity index is 1.55. The first kappa shape index (κ1) is 21.3. The number of benzene rings is 2. The van der Waals surface area contributed by atoms with E-state index < -0.39 is 23.6 Å². The van der Waals surface area contributed by atoms with Gasteiger partial charge in [0, 0.05) is 4.47 Å². The molecule has 154 valence electrons. The van der Waals surface area contributed by atoms with Crippen molar-refractivity contribution in [2.75, 3.05) is 20.3 Å². The predicted molar refractivity (Wildman–Crippen MR) is 110 cm³/mol. The third-order valence-corrected chi connectivity index (χ3v) is 5.36. The number of nitrogens with zero attached hydrogens (tertiary/aromatic N) is 1. The number of halogens is 1. The van der Waals surface area contributed by atoms with E-state index in [0.717, 1.165) is 20.7 Å². The van der Waals surface area contributed by atoms with E-state index in [1.165, 1.54) is 0 Å². The third kappa shape index (κ3) is 4.77. The Bertz CT molecular complexity index is 872. The summed E-state index contributed by atoms with van der Waals surface area (Å²) in [4.78, 5) is 26.3. The number of hydrogen-bond donors (Lipinski definition) is 2. The van der Waals surface area contributed by atoms with Crippen molar-refractivity contribution < 1.29 is 24.2 Å². The first-order chi connectivity index (χ1) is 13.8. The summed E-state index contributed by atoms with van der Waals surface area (Å²) in [5.74, 6) is 0.347. The van der Waals surface area contributed by atoms with Crippen LogP contribution in [-0.4, -0.2) is 48.3 Å². The molecule has 1 saturated heterocycles. The SMILES string of the molecule is COc1ccc(COC[C@@H](O)CN2C(=O)N[C@@](C)(c3ccc(Br)cc3)C2=O)cc1. The molecular formula is C21H23BrN2O5. The molecule has 29 heavy (non-hydrogen) atoms. The molecule has 0 radical (unpaired) electrons. The lowest BCUT2D eigenvalue weighted by molar-refractivity contribution is -0.132. The molecule has 0 bridgehead atoms. The minimum atomic E-state index is -1.17. The van der Waals surface area contributed by atoms with Crippen molar-refractivity contribution >= 4 is 27.9 Å². The van der Waals surface area contributed by atoms with Crippen LogP contribution in [0, 0.1) is 0 Å². The topological polar surface area (TPSA) is 88.1 Å². The van der Waals surface area contributed by atoms with E-state index in [-0.39, 0.29) is 13.2 Å². The van der Waals surface area contributed by atoms with Crippen molar-refractivity contribution in [3.63, 3.8) is 0 Å². The van der Waals surface area contributed by atoms with E-state index >= 15 is 0 Å². The fourth-order valence-corrected chi connectivity index (χ4v) is 3.40. The van der Waals surface area contributed by atoms with Crippen LogP contribution in [0.25, 0.3) is 0 Å². The zero-order valence-electron chi connectivity index (χ0n) is 16.2. The molecular weight excluding hydrogens is 440 g/mol. The molecule has 1 heterocycles. The fourth-order valence-electron chi connectivity index (χ4n) is 3.14. The summed E-state index contributed by atoms with van der Waals surface area (Å²) in [6.07, 6.45) is -0.991. The summed E-state index contributed by atoms with van der Waals surface area (Å²) in [7, 11) is 1.60. The van der Waals surface area contributed by atoms with Crippen LogP contribution in [0.2, 0.25) is 0 Å². The predicted octanol–water partition coefficient (Wildman–Crippen LogP) is 2.80. The van der Waals surface area contributed by atoms with Crippen LogP contribution in [0.5, 0.6) is 5.75 Å². The van der Waals surface area contributed by atoms with Crippen molar-refractivity contribution in [2.24, 2.45) is 0 Å². The average molecular weight is 463 g/mol. The van der Waals surface area contributed by atoms with Crippen molar-refractivity contribution in [2.45, 2.75) is 25.2 Å². The average Bonchev–Trinajstić information content (AvgIpc) is 2.93. The second-order valence-electron chi connectivity index (χ2n) is 6.99. The van der Waals surface area contributed by atoms with Crippen LogP contribution in [0.4, 0.5) is 4.79 Å². The summed E-state index contributed by atoms with van der Waals surface area (Å²) in [5.41, 5.74) is 0.434. The largest absolute Gasteiger partial charge is 0.497 e. The molecule has 2 atom stereocenters. The number of carbonyl (C=O) groups is 2. The maximum atomic E-state index is 12.9. The molecule has 1 aliphatic heterocycles. The van der Waals surface area contributed by atoms with Gasteiger partial charge in [0.05, 0.1) is 33.0 Å². The number of nitrogens with one attached hydrogen (secondary N) is 1. The Morgan fingerprint density at radius 1 is 1.14 bits per heavy atom. The van der Waals surface area contributed by atoms with Crippen LogP contribution in [0.3, 0.4) is 0 Å². The Morgan fingerprint density at radius 3 is 2.41 bits per heavy atom. The molecule has 2 aromatic carbocycles. The molecule has 7 nitrogen and oxygen atoms in total. The lowest BCUT2D eigenvalue weighted by atomic mass is 9.92. The number of urea groups is 1. The molecule has 0 aliphatic carbocycles. The monoisotopic (exact) mass is 462 g/mol. The van der Waals surface area contributed by atoms with Gasteiger partial charge in [0.2, 0.25) is 0 Å². The molecule has 8 heteroatoms. The fraction of sp³-hybridized carbons (Fsp3) is 0.333. The summed E-state index contributed by atoms with van der Waals surface area (Å²) < 4.78 is 11.5. The number of methoxy groups -OCH3 is 1. The van der Waals surface area contributed by atoms with Crippen LogP contribution in [-0.2, 0) is 21.7 Å². The lowest BCUT2D eigenvalue weighted by Crippen LogP contribution is -2.42. The number of amides is 3. The minimum absolute atomic E-state index is 0.00190. The van der Waals surface area contributed by atoms with E-state index in [1.807, 2.05) is 36.4 Å². The van der Waals surface area contributed by atoms with Gasteiger partial charge in [-0.1, -0.05) is 40.2 Å². The standard InChI is InChI=1S/C21H23BrN2O5/c1-21(15-5-7-16(22)8-6-15)19(26)24(20(27)23-21)11-17(25)13-29-12-14-3-9-18(28-2)10-4-14/h3-10,17,25H,11-13H2,1-2H3,(H,23,27)/t17-,21-/m0/s1. The maximum Gasteiger partial charge on any atom is 0.325 e. The Morgan fingerprint density at radius 2 is 1.79 bits per heavy atom. The van der Waals surface area contributed by atoms with Gasteiger partial charge >= 0.3 is 6.03 Å². The van der Waals surface area contributed by atoms with Gasteiger partial charge in [-0.3, -0.25) is 9.69 Å². The summed E-state index contributed by atoms with van der Waals surface area (Å²) >= 11 is 3.36. The number of ether oxygens (including phenoxy) is 2. The first-order valence-corrected chi connectivity index (χ1v) is 9.91. The molecule has 2 N–H and O–H groups in total. The molecule has 3 amide bonds. The van der Waals surface area contributed by atoms with E-state index in [0.29, 0.717) is 12.2 Å². The summed E-state index contributed by atoms with van der Waals surface area (Å²) in [5, 5.41) is 13.0. The molecule has 0 aromatic heterocycles. The smallest absolute Gasteiger partial charge is 0.325 e. The second kappa shape index (κ2) is 8.94. The summed E-state index contributed by atoms with van der Waals surface area (Å²) in [6.45, 7) is 1.82. The molecule has 0 saturated carbocycles. The zero-order chi connectivity index (χ0) is 21.0. The first-order valence-electron chi connectivity index (χ1n) is 9.12. The quantitative estimate of drug-likeness (QED) is 0.588. The molecule has 3 rings (SSSR count). The Hall–Kier alpha value is -2.42. The van der Waals surface area contributed by atoms with Gasteiger partial charge in [0.1, 0.15) is 11.3 Å². The summed E-state index contributed by atoms with van der Waals surface area (Å²) in [6, 6.07) is 14.0. The van der Waals surface area contributed by atoms with Gasteiger partial charge in [-0.2, -0.15) is 0 Å². The molecule has 1 fully saturated rings. The van der Waals surface area contributed by atoms with Crippen LogP contribution in [0.1, 0.15) is 18.1 Å². The van der Waals surface area contributed by atoms with E-state index in [1.54, 1.807) is 26.2 Å². The Labute approximate surface area is 177 Å². The molecule has 0 unspecified atom stereocenters. The van der Waals surface area contributed by atoms with Gasteiger partial charge < -0.3 is 19.9 Å². The van der Waals surface area contributed by atoms with Crippen LogP contribution in [0.15, 0.2) is 53.0 Å². The maximum absolute atomic E-state index is 12.9. The van der Waals surface area contributed by atoms with Crippen molar-refractivity contribution in [3.05, 3.63) is 64.1 Å². The number of β-amino-alcohol motifs (C(OH)–C–C–N with tert-alkyl or cyclic N) is 1. The highest BCUT2D eigenvalue weighted by Crippen LogP contribution is 2.29. The van der Waals surface area contributed by atoms with Gasteiger partial charge in [0.25, 0.3) is 5.91 Å². The number of hydrogen-bond acceptors (Lipinski definition) is 5. The van der Waals surface area contributed by atoms with E-state index in [9.17, 15) is 14.7 Å². The third-order valence-electron chi connectivity index (χ3n) is 4.83. The molecule has 2 aromatic rings. The van der Waals surface area contributed by atoms with Crippen LogP contribution < -0.4 is 10.1 Å². The second-order valence-corrected chi connectivity index (χ2v) is 7.91. The number of aliphatic hydroxyl groups excluding tert-OH is 1. The van der Waals surface area contributed by atoms with Gasteiger partial charge in [0.15, 0.2) is 0 Å². The van der Waals surface area contributed by atoms with E-state index in [2.05, 4.69) is 21.2 Å². The van der Waals surface area contributed by atoms with E-state index in [4.69, 9.17) is 9.47 Å². The number of imide groups is 1. The zero-order valence-corrected chi connectivity index (χ0v) is 17.8. The van der Waals surface area contributed by atoms with Gasteiger partial charge in [-0.15, -0.1) is 0 Å². The normalized spacial score (nSPS) is 19.9. The number of rotatable bonds is 8. The number of carbonyl (C=O) groups excluding carboxylic acids is 2. The van der Waals surface area contributed by atoms with Gasteiger partial charge in [-0.05, 0) is 42.3 Å². The van der Waals surface area contributed by atoms with Crippen molar-refractivity contribution in [1.82, 2.24) is 10.2 Å². The minimum Gasteiger partial charge on any atom is -0.497 e. The Kier molecular flexibility index (Phi) is 6.56. The highest BCUT2D eigenvalue weighted by atomic mass is 79.9. The highest BCUT2D eigenvalue weighted by Gasteiger charge is 2.49. The molecule has 0 spiro atoms. The van der Waals surface area contributed by atoms with Gasteiger partial charge in [-0.25, -0.2) is 4.79 Å². The van der Waals surface area contributed by atoms with Crippen LogP contribution >= 0.6 is 15.9 Å². The molecule has 1 aliphatic rings. The van der Waals surface area contributed by atoms with Crippen molar-refractivity contribution in [3.8, 4) is 5.75 Å². The highest BCUT2D eigenvalue weighted by molar-refractivity contribution is 9.10.